The maximum atomic E-state index is 13.3. The topological polar surface area (TPSA) is 76.1 Å². The van der Waals surface area contributed by atoms with Crippen molar-refractivity contribution in [1.82, 2.24) is 15.0 Å². The summed E-state index contributed by atoms with van der Waals surface area (Å²) in [4.78, 5) is 13.8. The summed E-state index contributed by atoms with van der Waals surface area (Å²) in [7, 11) is -3.55. The van der Waals surface area contributed by atoms with Gasteiger partial charge in [-0.15, -0.1) is 0 Å². The molecule has 22 heavy (non-hydrogen) atoms. The molecule has 118 valence electrons. The van der Waals surface area contributed by atoms with Crippen LogP contribution in [0.4, 0.5) is 14.6 Å². The van der Waals surface area contributed by atoms with Crippen molar-refractivity contribution in [1.29, 1.82) is 0 Å². The zero-order valence-corrected chi connectivity index (χ0v) is 12.6. The first kappa shape index (κ1) is 15.0. The van der Waals surface area contributed by atoms with Crippen molar-refractivity contribution in [2.75, 3.05) is 24.2 Å². The van der Waals surface area contributed by atoms with Gasteiger partial charge >= 0.3 is 0 Å². The van der Waals surface area contributed by atoms with Crippen molar-refractivity contribution in [3.63, 3.8) is 0 Å². The zero-order valence-electron chi connectivity index (χ0n) is 11.8. The molecular formula is C13H14F2N4O2S. The Hall–Kier alpha value is -1.90. The van der Waals surface area contributed by atoms with E-state index in [0.717, 1.165) is 6.26 Å². The van der Waals surface area contributed by atoms with Gasteiger partial charge in [0.25, 0.3) is 5.92 Å². The molecule has 9 heteroatoms. The molecule has 1 fully saturated rings. The highest BCUT2D eigenvalue weighted by molar-refractivity contribution is 7.90. The average molecular weight is 328 g/mol. The van der Waals surface area contributed by atoms with Crippen LogP contribution >= 0.6 is 0 Å². The molecule has 1 aliphatic rings. The van der Waals surface area contributed by atoms with Gasteiger partial charge in [0.05, 0.1) is 0 Å². The van der Waals surface area contributed by atoms with Crippen LogP contribution in [0.5, 0.6) is 0 Å². The molecule has 2 aromatic rings. The van der Waals surface area contributed by atoms with Crippen LogP contribution in [0.2, 0.25) is 0 Å². The summed E-state index contributed by atoms with van der Waals surface area (Å²) in [6, 6.07) is 1.66. The number of hydrogen-bond acceptors (Lipinski definition) is 6. The first-order chi connectivity index (χ1) is 10.3. The Kier molecular flexibility index (Phi) is 3.47. The summed E-state index contributed by atoms with van der Waals surface area (Å²) >= 11 is 0. The van der Waals surface area contributed by atoms with E-state index in [9.17, 15) is 17.2 Å². The highest BCUT2D eigenvalue weighted by Crippen LogP contribution is 2.32. The van der Waals surface area contributed by atoms with Crippen molar-refractivity contribution in [2.45, 2.75) is 23.9 Å². The lowest BCUT2D eigenvalue weighted by atomic mass is 10.1. The molecular weight excluding hydrogens is 314 g/mol. The molecule has 0 atom stereocenters. The lowest BCUT2D eigenvalue weighted by molar-refractivity contribution is -0.0221. The van der Waals surface area contributed by atoms with E-state index < -0.39 is 15.8 Å². The fourth-order valence-electron chi connectivity index (χ4n) is 2.38. The first-order valence-electron chi connectivity index (χ1n) is 6.71. The Balaban J connectivity index is 2.06. The van der Waals surface area contributed by atoms with E-state index in [4.69, 9.17) is 0 Å². The maximum absolute atomic E-state index is 13.3. The number of aromatic nitrogens is 3. The SMILES string of the molecule is CS(=O)(=O)c1ncc2ccnc(N3CCC(F)(F)CC3)c2n1. The number of alkyl halides is 2. The fraction of sp³-hybridized carbons (Fsp3) is 0.462. The van der Waals surface area contributed by atoms with Gasteiger partial charge in [-0.25, -0.2) is 32.2 Å². The van der Waals surface area contributed by atoms with Gasteiger partial charge < -0.3 is 4.90 Å². The molecule has 0 bridgehead atoms. The Bertz CT molecular complexity index is 816. The molecule has 1 saturated heterocycles. The number of anilines is 1. The molecule has 3 heterocycles. The van der Waals surface area contributed by atoms with Crippen molar-refractivity contribution >= 4 is 26.6 Å². The van der Waals surface area contributed by atoms with E-state index in [2.05, 4.69) is 15.0 Å². The summed E-state index contributed by atoms with van der Waals surface area (Å²) in [5.74, 6) is -2.24. The van der Waals surface area contributed by atoms with Crippen LogP contribution < -0.4 is 4.90 Å². The number of nitrogens with zero attached hydrogens (tertiary/aromatic N) is 4. The predicted octanol–water partition coefficient (Wildman–Crippen LogP) is 1.66. The Morgan fingerprint density at radius 1 is 1.23 bits per heavy atom. The van der Waals surface area contributed by atoms with Crippen LogP contribution in [-0.2, 0) is 9.84 Å². The predicted molar refractivity (Wildman–Crippen MR) is 76.8 cm³/mol. The van der Waals surface area contributed by atoms with E-state index >= 15 is 0 Å². The Labute approximate surface area is 126 Å². The summed E-state index contributed by atoms with van der Waals surface area (Å²) in [5, 5.41) is 0.325. The Morgan fingerprint density at radius 2 is 1.91 bits per heavy atom. The first-order valence-corrected chi connectivity index (χ1v) is 8.60. The number of fused-ring (bicyclic) bond motifs is 1. The number of halogens is 2. The van der Waals surface area contributed by atoms with Gasteiger partial charge in [0.1, 0.15) is 5.52 Å². The van der Waals surface area contributed by atoms with Crippen LogP contribution in [0.3, 0.4) is 0 Å². The maximum Gasteiger partial charge on any atom is 0.251 e. The van der Waals surface area contributed by atoms with Gasteiger partial charge in [0.2, 0.25) is 15.0 Å². The van der Waals surface area contributed by atoms with Crippen LogP contribution in [0.25, 0.3) is 10.9 Å². The number of sulfone groups is 1. The van der Waals surface area contributed by atoms with E-state index in [-0.39, 0.29) is 31.1 Å². The molecule has 2 aromatic heterocycles. The number of hydrogen-bond donors (Lipinski definition) is 0. The third kappa shape index (κ3) is 2.85. The minimum Gasteiger partial charge on any atom is -0.354 e. The summed E-state index contributed by atoms with van der Waals surface area (Å²) in [6.45, 7) is 0.300. The van der Waals surface area contributed by atoms with Gasteiger partial charge in [-0.1, -0.05) is 0 Å². The second kappa shape index (κ2) is 5.08. The van der Waals surface area contributed by atoms with E-state index in [1.54, 1.807) is 11.0 Å². The van der Waals surface area contributed by atoms with Gasteiger partial charge in [0.15, 0.2) is 5.82 Å². The minimum atomic E-state index is -3.55. The van der Waals surface area contributed by atoms with E-state index in [0.29, 0.717) is 16.7 Å². The lowest BCUT2D eigenvalue weighted by Crippen LogP contribution is -2.39. The van der Waals surface area contributed by atoms with Gasteiger partial charge in [-0.3, -0.25) is 0 Å². The molecule has 0 N–H and O–H groups in total. The van der Waals surface area contributed by atoms with Crippen LogP contribution in [-0.4, -0.2) is 48.6 Å². The van der Waals surface area contributed by atoms with Crippen molar-refractivity contribution in [3.8, 4) is 0 Å². The second-order valence-corrected chi connectivity index (χ2v) is 7.25. The van der Waals surface area contributed by atoms with Gasteiger partial charge in [-0.2, -0.15) is 0 Å². The van der Waals surface area contributed by atoms with Gasteiger partial charge in [-0.05, 0) is 6.07 Å². The smallest absolute Gasteiger partial charge is 0.251 e. The summed E-state index contributed by atoms with van der Waals surface area (Å²) in [6.07, 6.45) is 3.45. The molecule has 0 saturated carbocycles. The molecule has 0 unspecified atom stereocenters. The molecule has 0 spiro atoms. The van der Waals surface area contributed by atoms with Crippen molar-refractivity contribution in [2.24, 2.45) is 0 Å². The Morgan fingerprint density at radius 3 is 2.55 bits per heavy atom. The highest BCUT2D eigenvalue weighted by atomic mass is 32.2. The monoisotopic (exact) mass is 328 g/mol. The quantitative estimate of drug-likeness (QED) is 0.781. The number of rotatable bonds is 2. The standard InChI is InChI=1S/C13H14F2N4O2S/c1-22(20,21)12-17-8-9-2-5-16-11(10(9)18-12)19-6-3-13(14,15)4-7-19/h2,5,8H,3-4,6-7H2,1H3. The van der Waals surface area contributed by atoms with E-state index in [1.165, 1.54) is 12.4 Å². The van der Waals surface area contributed by atoms with Gasteiger partial charge in [0, 0.05) is 50.0 Å². The molecule has 0 aliphatic carbocycles. The largest absolute Gasteiger partial charge is 0.354 e. The minimum absolute atomic E-state index is 0.150. The average Bonchev–Trinajstić information content (AvgIpc) is 2.45. The van der Waals surface area contributed by atoms with Crippen molar-refractivity contribution in [3.05, 3.63) is 18.5 Å². The van der Waals surface area contributed by atoms with Crippen LogP contribution in [0, 0.1) is 0 Å². The lowest BCUT2D eigenvalue weighted by Gasteiger charge is -2.32. The molecule has 0 aromatic carbocycles. The third-order valence-electron chi connectivity index (χ3n) is 3.58. The molecule has 1 aliphatic heterocycles. The number of pyridine rings is 1. The normalized spacial score (nSPS) is 18.6. The molecule has 6 nitrogen and oxygen atoms in total. The molecule has 0 radical (unpaired) electrons. The van der Waals surface area contributed by atoms with Crippen LogP contribution in [0.15, 0.2) is 23.6 Å². The second-order valence-electron chi connectivity index (χ2n) is 5.34. The van der Waals surface area contributed by atoms with Crippen molar-refractivity contribution < 1.29 is 17.2 Å². The molecule has 3 rings (SSSR count). The zero-order chi connectivity index (χ0) is 16.0. The fourth-order valence-corrected chi connectivity index (χ4v) is 2.88. The summed E-state index contributed by atoms with van der Waals surface area (Å²) < 4.78 is 49.7. The third-order valence-corrected chi connectivity index (χ3v) is 4.44. The highest BCUT2D eigenvalue weighted by Gasteiger charge is 2.35. The number of piperidine rings is 1. The molecule has 0 amide bonds. The van der Waals surface area contributed by atoms with Crippen LogP contribution in [0.1, 0.15) is 12.8 Å². The van der Waals surface area contributed by atoms with E-state index in [1.807, 2.05) is 0 Å². The summed E-state index contributed by atoms with van der Waals surface area (Å²) in [5.41, 5.74) is 0.364.